The van der Waals surface area contributed by atoms with Crippen LogP contribution in [0.1, 0.15) is 12.0 Å². The number of hydrogen-bond donors (Lipinski definition) is 1. The maximum absolute atomic E-state index is 12.0. The molecule has 0 atom stereocenters. The fourth-order valence-electron chi connectivity index (χ4n) is 1.92. The van der Waals surface area contributed by atoms with Gasteiger partial charge in [0.1, 0.15) is 6.54 Å². The van der Waals surface area contributed by atoms with E-state index < -0.39 is 10.0 Å². The van der Waals surface area contributed by atoms with E-state index in [-0.39, 0.29) is 12.5 Å². The van der Waals surface area contributed by atoms with Crippen LogP contribution < -0.4 is 9.62 Å². The number of aryl methyl sites for hydroxylation is 1. The lowest BCUT2D eigenvalue weighted by atomic mass is 10.2. The lowest BCUT2D eigenvalue weighted by Gasteiger charge is -2.22. The van der Waals surface area contributed by atoms with E-state index in [1.54, 1.807) is 12.1 Å². The fraction of sp³-hybridized carbons (Fsp3) is 0.533. The smallest absolute Gasteiger partial charge is 0.240 e. The maximum Gasteiger partial charge on any atom is 0.240 e. The minimum Gasteiger partial charge on any atom is -0.354 e. The van der Waals surface area contributed by atoms with Gasteiger partial charge in [-0.3, -0.25) is 9.10 Å². The van der Waals surface area contributed by atoms with E-state index in [2.05, 4.69) is 5.32 Å². The summed E-state index contributed by atoms with van der Waals surface area (Å²) < 4.78 is 24.9. The molecule has 0 fully saturated rings. The number of nitrogens with one attached hydrogen (secondary N) is 1. The van der Waals surface area contributed by atoms with Crippen LogP contribution in [0.3, 0.4) is 0 Å². The van der Waals surface area contributed by atoms with Crippen LogP contribution >= 0.6 is 0 Å². The standard InChI is InChI=1S/C15H25N3O3S/c1-13-6-8-14(9-7-13)18(22(4,20)21)12-15(19)16-10-5-11-17(2)3/h6-9H,5,10-12H2,1-4H3,(H,16,19). The number of amides is 1. The van der Waals surface area contributed by atoms with Gasteiger partial charge in [-0.1, -0.05) is 17.7 Å². The number of carbonyl (C=O) groups excluding carboxylic acids is 1. The highest BCUT2D eigenvalue weighted by Crippen LogP contribution is 2.17. The van der Waals surface area contributed by atoms with Gasteiger partial charge in [-0.25, -0.2) is 8.42 Å². The topological polar surface area (TPSA) is 69.7 Å². The average Bonchev–Trinajstić information content (AvgIpc) is 2.41. The van der Waals surface area contributed by atoms with Gasteiger partial charge in [0.05, 0.1) is 11.9 Å². The Hall–Kier alpha value is -1.60. The first-order chi connectivity index (χ1) is 10.2. The lowest BCUT2D eigenvalue weighted by Crippen LogP contribution is -2.41. The van der Waals surface area contributed by atoms with Gasteiger partial charge in [-0.15, -0.1) is 0 Å². The third-order valence-electron chi connectivity index (χ3n) is 3.11. The molecular weight excluding hydrogens is 302 g/mol. The fourth-order valence-corrected chi connectivity index (χ4v) is 2.78. The van der Waals surface area contributed by atoms with Gasteiger partial charge >= 0.3 is 0 Å². The van der Waals surface area contributed by atoms with E-state index in [0.717, 1.165) is 29.1 Å². The second-order valence-electron chi connectivity index (χ2n) is 5.61. The molecule has 1 N–H and O–H groups in total. The van der Waals surface area contributed by atoms with E-state index in [1.807, 2.05) is 38.1 Å². The predicted octanol–water partition coefficient (Wildman–Crippen LogP) is 0.829. The first kappa shape index (κ1) is 18.4. The largest absolute Gasteiger partial charge is 0.354 e. The monoisotopic (exact) mass is 327 g/mol. The number of anilines is 1. The molecule has 7 heteroatoms. The molecule has 0 aliphatic heterocycles. The molecule has 6 nitrogen and oxygen atoms in total. The van der Waals surface area contributed by atoms with Crippen molar-refractivity contribution in [1.29, 1.82) is 0 Å². The SMILES string of the molecule is Cc1ccc(N(CC(=O)NCCCN(C)C)S(C)(=O)=O)cc1. The van der Waals surface area contributed by atoms with Crippen molar-refractivity contribution < 1.29 is 13.2 Å². The van der Waals surface area contributed by atoms with Crippen molar-refractivity contribution in [2.45, 2.75) is 13.3 Å². The van der Waals surface area contributed by atoms with Gasteiger partial charge < -0.3 is 10.2 Å². The normalized spacial score (nSPS) is 11.5. The Kier molecular flexibility index (Phi) is 6.83. The van der Waals surface area contributed by atoms with Crippen LogP contribution in [0.2, 0.25) is 0 Å². The molecule has 22 heavy (non-hydrogen) atoms. The molecule has 1 amide bonds. The Balaban J connectivity index is 2.67. The van der Waals surface area contributed by atoms with E-state index in [0.29, 0.717) is 12.2 Å². The summed E-state index contributed by atoms with van der Waals surface area (Å²) in [5, 5.41) is 2.75. The molecule has 1 rings (SSSR count). The average molecular weight is 327 g/mol. The molecule has 0 saturated heterocycles. The van der Waals surface area contributed by atoms with Crippen molar-refractivity contribution in [3.05, 3.63) is 29.8 Å². The van der Waals surface area contributed by atoms with Crippen molar-refractivity contribution in [1.82, 2.24) is 10.2 Å². The molecule has 0 aliphatic rings. The summed E-state index contributed by atoms with van der Waals surface area (Å²) in [6.07, 6.45) is 1.92. The third kappa shape index (κ3) is 6.44. The highest BCUT2D eigenvalue weighted by atomic mass is 32.2. The molecule has 0 saturated carbocycles. The highest BCUT2D eigenvalue weighted by molar-refractivity contribution is 7.92. The molecule has 0 radical (unpaired) electrons. The first-order valence-corrected chi connectivity index (χ1v) is 9.01. The molecular formula is C15H25N3O3S. The number of nitrogens with zero attached hydrogens (tertiary/aromatic N) is 2. The van der Waals surface area contributed by atoms with Crippen LogP contribution in [0.25, 0.3) is 0 Å². The van der Waals surface area contributed by atoms with Gasteiger partial charge in [0.15, 0.2) is 0 Å². The second kappa shape index (κ2) is 8.14. The number of rotatable bonds is 8. The predicted molar refractivity (Wildman–Crippen MR) is 89.5 cm³/mol. The minimum atomic E-state index is -3.51. The lowest BCUT2D eigenvalue weighted by molar-refractivity contribution is -0.119. The van der Waals surface area contributed by atoms with E-state index >= 15 is 0 Å². The Morgan fingerprint density at radius 1 is 1.18 bits per heavy atom. The zero-order valence-corrected chi connectivity index (χ0v) is 14.5. The first-order valence-electron chi connectivity index (χ1n) is 7.16. The number of benzene rings is 1. The molecule has 0 heterocycles. The summed E-state index contributed by atoms with van der Waals surface area (Å²) in [5.41, 5.74) is 1.53. The van der Waals surface area contributed by atoms with Crippen molar-refractivity contribution in [2.24, 2.45) is 0 Å². The zero-order valence-electron chi connectivity index (χ0n) is 13.7. The minimum absolute atomic E-state index is 0.205. The van der Waals surface area contributed by atoms with Gasteiger partial charge in [0, 0.05) is 6.54 Å². The number of carbonyl (C=O) groups is 1. The Labute approximate surface area is 133 Å². The Morgan fingerprint density at radius 2 is 1.77 bits per heavy atom. The van der Waals surface area contributed by atoms with Gasteiger partial charge in [0.25, 0.3) is 0 Å². The second-order valence-corrected chi connectivity index (χ2v) is 7.52. The highest BCUT2D eigenvalue weighted by Gasteiger charge is 2.20. The summed E-state index contributed by atoms with van der Waals surface area (Å²) in [7, 11) is 0.420. The van der Waals surface area contributed by atoms with Gasteiger partial charge in [-0.05, 0) is 46.1 Å². The van der Waals surface area contributed by atoms with Gasteiger partial charge in [-0.2, -0.15) is 0 Å². The van der Waals surface area contributed by atoms with Crippen molar-refractivity contribution >= 4 is 21.6 Å². The number of hydrogen-bond acceptors (Lipinski definition) is 4. The summed E-state index contributed by atoms with van der Waals surface area (Å²) in [6.45, 7) is 3.12. The van der Waals surface area contributed by atoms with Crippen LogP contribution in [0.15, 0.2) is 24.3 Å². The molecule has 1 aromatic rings. The van der Waals surface area contributed by atoms with Gasteiger partial charge in [0.2, 0.25) is 15.9 Å². The summed E-state index contributed by atoms with van der Waals surface area (Å²) >= 11 is 0. The van der Waals surface area contributed by atoms with Crippen LogP contribution in [-0.4, -0.2) is 59.2 Å². The molecule has 1 aromatic carbocycles. The third-order valence-corrected chi connectivity index (χ3v) is 4.25. The van der Waals surface area contributed by atoms with E-state index in [9.17, 15) is 13.2 Å². The molecule has 0 aromatic heterocycles. The van der Waals surface area contributed by atoms with E-state index in [4.69, 9.17) is 0 Å². The molecule has 0 spiro atoms. The van der Waals surface area contributed by atoms with Crippen molar-refractivity contribution in [2.75, 3.05) is 44.3 Å². The summed E-state index contributed by atoms with van der Waals surface area (Å²) in [6, 6.07) is 7.05. The van der Waals surface area contributed by atoms with Crippen LogP contribution in [-0.2, 0) is 14.8 Å². The summed E-state index contributed by atoms with van der Waals surface area (Å²) in [4.78, 5) is 14.0. The maximum atomic E-state index is 12.0. The Bertz CT molecular complexity index is 583. The van der Waals surface area contributed by atoms with Crippen molar-refractivity contribution in [3.8, 4) is 0 Å². The molecule has 0 unspecified atom stereocenters. The Morgan fingerprint density at radius 3 is 2.27 bits per heavy atom. The van der Waals surface area contributed by atoms with Crippen LogP contribution in [0, 0.1) is 6.92 Å². The van der Waals surface area contributed by atoms with Crippen LogP contribution in [0.4, 0.5) is 5.69 Å². The molecule has 124 valence electrons. The summed E-state index contributed by atoms with van der Waals surface area (Å²) in [5.74, 6) is -0.301. The zero-order chi connectivity index (χ0) is 16.8. The van der Waals surface area contributed by atoms with E-state index in [1.165, 1.54) is 0 Å². The quantitative estimate of drug-likeness (QED) is 0.718. The molecule has 0 aliphatic carbocycles. The molecule has 0 bridgehead atoms. The van der Waals surface area contributed by atoms with Crippen LogP contribution in [0.5, 0.6) is 0 Å². The number of sulfonamides is 1. The van der Waals surface area contributed by atoms with Crippen molar-refractivity contribution in [3.63, 3.8) is 0 Å².